The van der Waals surface area contributed by atoms with Crippen molar-refractivity contribution in [2.45, 2.75) is 52.0 Å². The van der Waals surface area contributed by atoms with Crippen molar-refractivity contribution in [2.24, 2.45) is 5.92 Å². The lowest BCUT2D eigenvalue weighted by atomic mass is 9.83. The second-order valence-corrected chi connectivity index (χ2v) is 9.66. The molecule has 1 saturated carbocycles. The molecule has 3 amide bonds. The minimum absolute atomic E-state index is 0.109. The predicted molar refractivity (Wildman–Crippen MR) is 146 cm³/mol. The van der Waals surface area contributed by atoms with Crippen LogP contribution in [0, 0.1) is 19.8 Å². The summed E-state index contributed by atoms with van der Waals surface area (Å²) in [6, 6.07) is 19.1. The molecule has 1 atom stereocenters. The number of hydrogen-bond acceptors (Lipinski definition) is 3. The van der Waals surface area contributed by atoms with Gasteiger partial charge >= 0.3 is 12.0 Å². The summed E-state index contributed by atoms with van der Waals surface area (Å²) in [5, 5.41) is 18.3. The minimum atomic E-state index is -1.04. The number of amides is 3. The number of anilines is 2. The normalized spacial score (nSPS) is 14.4. The maximum absolute atomic E-state index is 13.4. The standard InChI is InChI=1S/C30H33N3O4/c1-19-10-9-11-20(2)26(19)33-30(37)31-25-18-23(21-12-5-3-6-13-21)16-17-24(25)28(34)32-27(29(35)36)22-14-7-4-8-15-22/h3,5-6,9-13,16-18,22,27H,4,7-8,14-15H2,1-2H3,(H,32,34)(H,35,36)(H2,31,33,37). The van der Waals surface area contributed by atoms with Crippen molar-refractivity contribution in [3.63, 3.8) is 0 Å². The monoisotopic (exact) mass is 499 g/mol. The Morgan fingerprint density at radius 2 is 1.49 bits per heavy atom. The number of carbonyl (C=O) groups excluding carboxylic acids is 2. The van der Waals surface area contributed by atoms with E-state index in [-0.39, 0.29) is 11.5 Å². The van der Waals surface area contributed by atoms with E-state index in [1.54, 1.807) is 18.2 Å². The van der Waals surface area contributed by atoms with Crippen LogP contribution >= 0.6 is 0 Å². The molecule has 4 N–H and O–H groups in total. The average Bonchev–Trinajstić information content (AvgIpc) is 2.90. The van der Waals surface area contributed by atoms with Crippen LogP contribution in [0.5, 0.6) is 0 Å². The number of aliphatic carboxylic acids is 1. The number of carboxylic acid groups (broad SMARTS) is 1. The lowest BCUT2D eigenvalue weighted by molar-refractivity contribution is -0.141. The van der Waals surface area contributed by atoms with Gasteiger partial charge in [-0.15, -0.1) is 0 Å². The number of carbonyl (C=O) groups is 3. The summed E-state index contributed by atoms with van der Waals surface area (Å²) in [4.78, 5) is 38.5. The first kappa shape index (κ1) is 25.9. The Kier molecular flexibility index (Phi) is 8.23. The molecule has 0 heterocycles. The number of hydrogen-bond donors (Lipinski definition) is 4. The van der Waals surface area contributed by atoms with Gasteiger partial charge in [-0.05, 0) is 67.0 Å². The average molecular weight is 500 g/mol. The zero-order chi connectivity index (χ0) is 26.4. The van der Waals surface area contributed by atoms with E-state index in [4.69, 9.17) is 0 Å². The van der Waals surface area contributed by atoms with Gasteiger partial charge in [-0.3, -0.25) is 4.79 Å². The lowest BCUT2D eigenvalue weighted by Gasteiger charge is -2.28. The fourth-order valence-corrected chi connectivity index (χ4v) is 5.00. The van der Waals surface area contributed by atoms with Gasteiger partial charge in [0.15, 0.2) is 0 Å². The summed E-state index contributed by atoms with van der Waals surface area (Å²) in [5.41, 5.74) is 4.80. The smallest absolute Gasteiger partial charge is 0.326 e. The van der Waals surface area contributed by atoms with Crippen molar-refractivity contribution in [1.82, 2.24) is 5.32 Å². The molecule has 0 aliphatic heterocycles. The number of carboxylic acids is 1. The van der Waals surface area contributed by atoms with Gasteiger partial charge in [-0.2, -0.15) is 0 Å². The SMILES string of the molecule is Cc1cccc(C)c1NC(=O)Nc1cc(-c2ccccc2)ccc1C(=O)NC(C(=O)O)C1CCCCC1. The highest BCUT2D eigenvalue weighted by atomic mass is 16.4. The molecule has 7 heteroatoms. The van der Waals surface area contributed by atoms with Gasteiger partial charge in [0.25, 0.3) is 5.91 Å². The van der Waals surface area contributed by atoms with Crippen molar-refractivity contribution in [3.05, 3.63) is 83.4 Å². The molecule has 192 valence electrons. The van der Waals surface area contributed by atoms with E-state index in [1.165, 1.54) is 0 Å². The van der Waals surface area contributed by atoms with Crippen molar-refractivity contribution in [3.8, 4) is 11.1 Å². The Hall–Kier alpha value is -4.13. The van der Waals surface area contributed by atoms with Crippen LogP contribution in [0.2, 0.25) is 0 Å². The molecule has 0 aromatic heterocycles. The third-order valence-electron chi connectivity index (χ3n) is 7.01. The molecule has 0 bridgehead atoms. The molecule has 1 aliphatic carbocycles. The van der Waals surface area contributed by atoms with Gasteiger partial charge < -0.3 is 21.1 Å². The van der Waals surface area contributed by atoms with Gasteiger partial charge in [0.05, 0.1) is 11.3 Å². The molecular formula is C30H33N3O4. The number of nitrogens with one attached hydrogen (secondary N) is 3. The second kappa shape index (κ2) is 11.7. The fraction of sp³-hybridized carbons (Fsp3) is 0.300. The quantitative estimate of drug-likeness (QED) is 0.303. The molecule has 3 aromatic rings. The Bertz CT molecular complexity index is 1260. The largest absolute Gasteiger partial charge is 0.480 e. The summed E-state index contributed by atoms with van der Waals surface area (Å²) in [6.07, 6.45) is 4.55. The Balaban J connectivity index is 1.63. The number of benzene rings is 3. The molecule has 1 aliphatic rings. The third-order valence-corrected chi connectivity index (χ3v) is 7.01. The molecule has 4 rings (SSSR count). The summed E-state index contributed by atoms with van der Waals surface area (Å²) in [7, 11) is 0. The summed E-state index contributed by atoms with van der Waals surface area (Å²) in [5.74, 6) is -1.68. The van der Waals surface area contributed by atoms with Crippen LogP contribution in [-0.4, -0.2) is 29.1 Å². The molecular weight excluding hydrogens is 466 g/mol. The zero-order valence-corrected chi connectivity index (χ0v) is 21.2. The predicted octanol–water partition coefficient (Wildman–Crippen LogP) is 6.38. The number of urea groups is 1. The van der Waals surface area contributed by atoms with E-state index in [2.05, 4.69) is 16.0 Å². The van der Waals surface area contributed by atoms with Gasteiger partial charge in [-0.25, -0.2) is 9.59 Å². The first-order chi connectivity index (χ1) is 17.8. The molecule has 3 aromatic carbocycles. The zero-order valence-electron chi connectivity index (χ0n) is 21.2. The molecule has 1 unspecified atom stereocenters. The van der Waals surface area contributed by atoms with E-state index in [1.807, 2.05) is 62.4 Å². The van der Waals surface area contributed by atoms with Crippen LogP contribution in [0.1, 0.15) is 53.6 Å². The number of para-hydroxylation sites is 1. The highest BCUT2D eigenvalue weighted by molar-refractivity contribution is 6.08. The van der Waals surface area contributed by atoms with Crippen LogP contribution < -0.4 is 16.0 Å². The first-order valence-corrected chi connectivity index (χ1v) is 12.7. The molecule has 7 nitrogen and oxygen atoms in total. The van der Waals surface area contributed by atoms with Crippen LogP contribution in [0.3, 0.4) is 0 Å². The van der Waals surface area contributed by atoms with E-state index >= 15 is 0 Å². The first-order valence-electron chi connectivity index (χ1n) is 12.7. The number of rotatable bonds is 7. The molecule has 1 fully saturated rings. The lowest BCUT2D eigenvalue weighted by Crippen LogP contribution is -2.46. The van der Waals surface area contributed by atoms with Gasteiger partial charge in [0.1, 0.15) is 6.04 Å². The highest BCUT2D eigenvalue weighted by Crippen LogP contribution is 2.29. The molecule has 0 spiro atoms. The minimum Gasteiger partial charge on any atom is -0.480 e. The van der Waals surface area contributed by atoms with Crippen molar-refractivity contribution >= 4 is 29.3 Å². The van der Waals surface area contributed by atoms with Gasteiger partial charge in [-0.1, -0.05) is 73.9 Å². The maximum Gasteiger partial charge on any atom is 0.326 e. The van der Waals surface area contributed by atoms with Crippen LogP contribution in [0.4, 0.5) is 16.2 Å². The summed E-state index contributed by atoms with van der Waals surface area (Å²) < 4.78 is 0. The Labute approximate surface area is 217 Å². The van der Waals surface area contributed by atoms with E-state index in [0.29, 0.717) is 11.4 Å². The molecule has 0 radical (unpaired) electrons. The Morgan fingerprint density at radius 3 is 2.14 bits per heavy atom. The number of aryl methyl sites for hydroxylation is 2. The summed E-state index contributed by atoms with van der Waals surface area (Å²) in [6.45, 7) is 3.82. The van der Waals surface area contributed by atoms with Crippen LogP contribution in [0.25, 0.3) is 11.1 Å². The highest BCUT2D eigenvalue weighted by Gasteiger charge is 2.31. The van der Waals surface area contributed by atoms with Crippen molar-refractivity contribution in [2.75, 3.05) is 10.6 Å². The Morgan fingerprint density at radius 1 is 0.811 bits per heavy atom. The fourth-order valence-electron chi connectivity index (χ4n) is 5.00. The van der Waals surface area contributed by atoms with Crippen molar-refractivity contribution < 1.29 is 19.5 Å². The summed E-state index contributed by atoms with van der Waals surface area (Å²) >= 11 is 0. The molecule has 0 saturated heterocycles. The van der Waals surface area contributed by atoms with Crippen LogP contribution in [-0.2, 0) is 4.79 Å². The topological polar surface area (TPSA) is 108 Å². The second-order valence-electron chi connectivity index (χ2n) is 9.66. The maximum atomic E-state index is 13.4. The van der Waals surface area contributed by atoms with Crippen LogP contribution in [0.15, 0.2) is 66.7 Å². The molecule has 37 heavy (non-hydrogen) atoms. The van der Waals surface area contributed by atoms with Gasteiger partial charge in [0, 0.05) is 5.69 Å². The van der Waals surface area contributed by atoms with E-state index in [9.17, 15) is 19.5 Å². The van der Waals surface area contributed by atoms with Gasteiger partial charge in [0.2, 0.25) is 0 Å². The van der Waals surface area contributed by atoms with E-state index in [0.717, 1.165) is 54.4 Å². The van der Waals surface area contributed by atoms with E-state index < -0.39 is 23.9 Å². The van der Waals surface area contributed by atoms with Crippen molar-refractivity contribution in [1.29, 1.82) is 0 Å². The third kappa shape index (κ3) is 6.36.